The van der Waals surface area contributed by atoms with Crippen molar-refractivity contribution in [2.75, 3.05) is 0 Å². The van der Waals surface area contributed by atoms with E-state index >= 15 is 0 Å². The minimum atomic E-state index is -0.631. The lowest BCUT2D eigenvalue weighted by atomic mass is 10.1. The van der Waals surface area contributed by atoms with Gasteiger partial charge in [0, 0.05) is 15.6 Å². The second kappa shape index (κ2) is 6.62. The summed E-state index contributed by atoms with van der Waals surface area (Å²) in [4.78, 5) is 11.4. The van der Waals surface area contributed by atoms with Crippen LogP contribution in [0.15, 0.2) is 53.0 Å². The second-order valence-corrected chi connectivity index (χ2v) is 5.65. The number of H-pyrrole nitrogens is 1. The van der Waals surface area contributed by atoms with Crippen molar-refractivity contribution < 1.29 is 9.53 Å². The third kappa shape index (κ3) is 3.40. The van der Waals surface area contributed by atoms with Crippen LogP contribution in [0.2, 0.25) is 0 Å². The summed E-state index contributed by atoms with van der Waals surface area (Å²) in [5.41, 5.74) is 7.54. The molecule has 0 radical (unpaired) electrons. The van der Waals surface area contributed by atoms with Crippen molar-refractivity contribution >= 4 is 21.8 Å². The molecular weight excluding hydrogens is 360 g/mol. The van der Waals surface area contributed by atoms with E-state index in [-0.39, 0.29) is 5.69 Å². The molecule has 0 saturated carbocycles. The lowest BCUT2D eigenvalue weighted by Gasteiger charge is -2.09. The molecular formula is C16H13BrN4O2. The average molecular weight is 373 g/mol. The number of hydrogen-bond acceptors (Lipinski definition) is 4. The van der Waals surface area contributed by atoms with Crippen LogP contribution in [0.5, 0.6) is 5.75 Å². The third-order valence-corrected chi connectivity index (χ3v) is 4.01. The zero-order valence-corrected chi connectivity index (χ0v) is 13.6. The van der Waals surface area contributed by atoms with Crippen LogP contribution in [0, 0.1) is 0 Å². The van der Waals surface area contributed by atoms with Crippen molar-refractivity contribution in [1.82, 2.24) is 15.4 Å². The van der Waals surface area contributed by atoms with E-state index in [1.807, 2.05) is 42.5 Å². The number of carbonyl (C=O) groups excluding carboxylic acids is 1. The molecule has 0 aliphatic heterocycles. The van der Waals surface area contributed by atoms with Crippen LogP contribution in [0.3, 0.4) is 0 Å². The fourth-order valence-corrected chi connectivity index (χ4v) is 2.51. The molecule has 6 nitrogen and oxygen atoms in total. The highest BCUT2D eigenvalue weighted by Crippen LogP contribution is 2.25. The zero-order chi connectivity index (χ0) is 16.2. The quantitative estimate of drug-likeness (QED) is 0.719. The fourth-order valence-electron chi connectivity index (χ4n) is 2.11. The molecule has 116 valence electrons. The zero-order valence-electron chi connectivity index (χ0n) is 12.0. The van der Waals surface area contributed by atoms with E-state index in [4.69, 9.17) is 10.5 Å². The molecule has 1 aromatic heterocycles. The Kier molecular flexibility index (Phi) is 4.38. The van der Waals surface area contributed by atoms with Crippen molar-refractivity contribution in [3.8, 4) is 17.0 Å². The van der Waals surface area contributed by atoms with E-state index in [0.717, 1.165) is 10.0 Å². The summed E-state index contributed by atoms with van der Waals surface area (Å²) in [6.45, 7) is 0.423. The lowest BCUT2D eigenvalue weighted by molar-refractivity contribution is 0.0996. The van der Waals surface area contributed by atoms with Gasteiger partial charge in [-0.3, -0.25) is 4.79 Å². The first-order chi connectivity index (χ1) is 11.1. The predicted octanol–water partition coefficient (Wildman–Crippen LogP) is 2.91. The predicted molar refractivity (Wildman–Crippen MR) is 88.8 cm³/mol. The summed E-state index contributed by atoms with van der Waals surface area (Å²) in [5, 5.41) is 10.2. The summed E-state index contributed by atoms with van der Waals surface area (Å²) in [6.07, 6.45) is 0. The number of primary amides is 1. The van der Waals surface area contributed by atoms with Gasteiger partial charge in [-0.05, 0) is 18.2 Å². The first-order valence-corrected chi connectivity index (χ1v) is 7.61. The molecule has 0 fully saturated rings. The van der Waals surface area contributed by atoms with Gasteiger partial charge in [0.25, 0.3) is 5.91 Å². The van der Waals surface area contributed by atoms with E-state index in [9.17, 15) is 4.79 Å². The summed E-state index contributed by atoms with van der Waals surface area (Å²) < 4.78 is 6.80. The Hall–Kier alpha value is -2.67. The maximum atomic E-state index is 11.4. The molecule has 1 heterocycles. The number of benzene rings is 2. The molecule has 0 spiro atoms. The first kappa shape index (κ1) is 15.2. The minimum Gasteiger partial charge on any atom is -0.489 e. The van der Waals surface area contributed by atoms with Gasteiger partial charge < -0.3 is 10.5 Å². The molecule has 3 aromatic rings. The van der Waals surface area contributed by atoms with Crippen LogP contribution in [0.25, 0.3) is 11.3 Å². The number of nitrogens with two attached hydrogens (primary N) is 1. The normalized spacial score (nSPS) is 10.5. The Morgan fingerprint density at radius 3 is 2.78 bits per heavy atom. The molecule has 0 atom stereocenters. The van der Waals surface area contributed by atoms with Gasteiger partial charge >= 0.3 is 0 Å². The smallest absolute Gasteiger partial charge is 0.271 e. The molecule has 0 unspecified atom stereocenters. The Morgan fingerprint density at radius 2 is 2.00 bits per heavy atom. The lowest BCUT2D eigenvalue weighted by Crippen LogP contribution is -2.12. The number of ether oxygens (including phenoxy) is 1. The molecule has 2 aromatic carbocycles. The van der Waals surface area contributed by atoms with Crippen LogP contribution in [0.4, 0.5) is 0 Å². The molecule has 0 saturated heterocycles. The van der Waals surface area contributed by atoms with Gasteiger partial charge in [-0.1, -0.05) is 46.3 Å². The number of nitrogens with zero attached hydrogens (tertiary/aromatic N) is 2. The van der Waals surface area contributed by atoms with Crippen molar-refractivity contribution in [2.24, 2.45) is 5.73 Å². The van der Waals surface area contributed by atoms with Gasteiger partial charge in [0.1, 0.15) is 18.1 Å². The maximum absolute atomic E-state index is 11.4. The van der Waals surface area contributed by atoms with Gasteiger partial charge in [-0.15, -0.1) is 0 Å². The van der Waals surface area contributed by atoms with Crippen molar-refractivity contribution in [3.05, 3.63) is 64.3 Å². The molecule has 0 bridgehead atoms. The molecule has 7 heteroatoms. The van der Waals surface area contributed by atoms with Crippen molar-refractivity contribution in [1.29, 1.82) is 0 Å². The number of aromatic nitrogens is 3. The van der Waals surface area contributed by atoms with Gasteiger partial charge in [0.2, 0.25) is 0 Å². The number of nitrogens with one attached hydrogen (secondary N) is 1. The first-order valence-electron chi connectivity index (χ1n) is 6.82. The Labute approximate surface area is 140 Å². The maximum Gasteiger partial charge on any atom is 0.271 e. The summed E-state index contributed by atoms with van der Waals surface area (Å²) in [7, 11) is 0. The molecule has 3 rings (SSSR count). The van der Waals surface area contributed by atoms with E-state index in [0.29, 0.717) is 23.6 Å². The fraction of sp³-hybridized carbons (Fsp3) is 0.0625. The highest BCUT2D eigenvalue weighted by Gasteiger charge is 2.15. The molecule has 1 amide bonds. The SMILES string of the molecule is NC(=O)c1n[nH]nc1-c1cccc(OCc2ccccc2Br)c1. The van der Waals surface area contributed by atoms with Crippen molar-refractivity contribution in [3.63, 3.8) is 0 Å². The Morgan fingerprint density at radius 1 is 1.17 bits per heavy atom. The van der Waals surface area contributed by atoms with Gasteiger partial charge in [0.15, 0.2) is 5.69 Å². The molecule has 3 N–H and O–H groups in total. The van der Waals surface area contributed by atoms with E-state index < -0.39 is 5.91 Å². The summed E-state index contributed by atoms with van der Waals surface area (Å²) in [5.74, 6) is 0.0324. The topological polar surface area (TPSA) is 93.9 Å². The standard InChI is InChI=1S/C16H13BrN4O2/c17-13-7-2-1-4-11(13)9-23-12-6-3-5-10(8-12)14-15(16(18)22)20-21-19-14/h1-8H,9H2,(H2,18,22)(H,19,20,21). The van der Waals surface area contributed by atoms with E-state index in [1.54, 1.807) is 6.07 Å². The number of hydrogen-bond donors (Lipinski definition) is 2. The molecule has 0 aliphatic rings. The number of rotatable bonds is 5. The van der Waals surface area contributed by atoms with Gasteiger partial charge in [0.05, 0.1) is 0 Å². The number of halogens is 1. The highest BCUT2D eigenvalue weighted by atomic mass is 79.9. The van der Waals surface area contributed by atoms with Crippen LogP contribution in [-0.4, -0.2) is 21.3 Å². The van der Waals surface area contributed by atoms with Crippen molar-refractivity contribution in [2.45, 2.75) is 6.61 Å². The van der Waals surface area contributed by atoms with E-state index in [2.05, 4.69) is 31.3 Å². The van der Waals surface area contributed by atoms with Crippen LogP contribution in [0.1, 0.15) is 16.1 Å². The van der Waals surface area contributed by atoms with Gasteiger partial charge in [-0.2, -0.15) is 15.4 Å². The highest BCUT2D eigenvalue weighted by molar-refractivity contribution is 9.10. The Bertz CT molecular complexity index is 847. The Balaban J connectivity index is 1.82. The average Bonchev–Trinajstić information content (AvgIpc) is 3.04. The monoisotopic (exact) mass is 372 g/mol. The van der Waals surface area contributed by atoms with Crippen LogP contribution < -0.4 is 10.5 Å². The third-order valence-electron chi connectivity index (χ3n) is 3.24. The molecule has 0 aliphatic carbocycles. The van der Waals surface area contributed by atoms with Gasteiger partial charge in [-0.25, -0.2) is 0 Å². The van der Waals surface area contributed by atoms with Crippen LogP contribution >= 0.6 is 15.9 Å². The number of amides is 1. The van der Waals surface area contributed by atoms with E-state index in [1.165, 1.54) is 0 Å². The van der Waals surface area contributed by atoms with Crippen LogP contribution in [-0.2, 0) is 6.61 Å². The number of carbonyl (C=O) groups is 1. The number of aromatic amines is 1. The summed E-state index contributed by atoms with van der Waals surface area (Å²) >= 11 is 3.49. The molecule has 23 heavy (non-hydrogen) atoms. The largest absolute Gasteiger partial charge is 0.489 e. The summed E-state index contributed by atoms with van der Waals surface area (Å²) in [6, 6.07) is 15.1. The second-order valence-electron chi connectivity index (χ2n) is 4.79. The minimum absolute atomic E-state index is 0.105.